The number of hydrogen-bond acceptors (Lipinski definition) is 4. The van der Waals surface area contributed by atoms with Gasteiger partial charge in [0.25, 0.3) is 0 Å². The van der Waals surface area contributed by atoms with E-state index in [-0.39, 0.29) is 11.9 Å². The molecule has 23 heavy (non-hydrogen) atoms. The van der Waals surface area contributed by atoms with Crippen LogP contribution >= 0.6 is 0 Å². The summed E-state index contributed by atoms with van der Waals surface area (Å²) >= 11 is 0. The Morgan fingerprint density at radius 2 is 1.87 bits per heavy atom. The summed E-state index contributed by atoms with van der Waals surface area (Å²) in [5.41, 5.74) is 1.75. The van der Waals surface area contributed by atoms with Crippen molar-refractivity contribution < 1.29 is 19.1 Å². The van der Waals surface area contributed by atoms with E-state index in [0.29, 0.717) is 5.56 Å². The number of ether oxygens (including phenoxy) is 2. The van der Waals surface area contributed by atoms with Crippen molar-refractivity contribution in [1.82, 2.24) is 4.57 Å². The number of aryl methyl sites for hydroxylation is 1. The number of carbonyl (C=O) groups is 2. The minimum absolute atomic E-state index is 0.329. The van der Waals surface area contributed by atoms with E-state index in [0.717, 1.165) is 16.5 Å². The summed E-state index contributed by atoms with van der Waals surface area (Å²) < 4.78 is 12.0. The van der Waals surface area contributed by atoms with Crippen LogP contribution in [0.25, 0.3) is 10.9 Å². The third-order valence-corrected chi connectivity index (χ3v) is 3.63. The Morgan fingerprint density at radius 1 is 1.22 bits per heavy atom. The fourth-order valence-corrected chi connectivity index (χ4v) is 2.49. The molecular weight excluding hydrogens is 294 g/mol. The molecule has 0 saturated carbocycles. The van der Waals surface area contributed by atoms with E-state index >= 15 is 0 Å². The van der Waals surface area contributed by atoms with Gasteiger partial charge in [0, 0.05) is 17.1 Å². The fraction of sp³-hybridized carbons (Fsp3) is 0.444. The average Bonchev–Trinajstić information content (AvgIpc) is 2.80. The lowest BCUT2D eigenvalue weighted by Gasteiger charge is -2.19. The Hall–Kier alpha value is -2.30. The van der Waals surface area contributed by atoms with Gasteiger partial charge in [-0.3, -0.25) is 0 Å². The van der Waals surface area contributed by atoms with E-state index in [1.54, 1.807) is 19.1 Å². The molecule has 5 nitrogen and oxygen atoms in total. The van der Waals surface area contributed by atoms with E-state index in [9.17, 15) is 9.59 Å². The molecule has 0 N–H and O–H groups in total. The predicted octanol–water partition coefficient (Wildman–Crippen LogP) is 3.64. The Kier molecular flexibility index (Phi) is 4.50. The number of aromatic nitrogens is 1. The summed E-state index contributed by atoms with van der Waals surface area (Å²) in [5, 5.41) is 0.994. The van der Waals surface area contributed by atoms with E-state index < -0.39 is 11.6 Å². The molecule has 1 heterocycles. The van der Waals surface area contributed by atoms with Crippen LogP contribution < -0.4 is 0 Å². The Bertz CT molecular complexity index is 752. The van der Waals surface area contributed by atoms with Gasteiger partial charge in [-0.05, 0) is 52.3 Å². The quantitative estimate of drug-likeness (QED) is 0.811. The van der Waals surface area contributed by atoms with Crippen molar-refractivity contribution in [2.75, 3.05) is 7.11 Å². The summed E-state index contributed by atoms with van der Waals surface area (Å²) in [5.74, 6) is -0.708. The molecule has 1 atom stereocenters. The molecule has 124 valence electrons. The highest BCUT2D eigenvalue weighted by Gasteiger charge is 2.21. The zero-order valence-electron chi connectivity index (χ0n) is 14.5. The molecule has 0 radical (unpaired) electrons. The highest BCUT2D eigenvalue weighted by atomic mass is 16.6. The first-order chi connectivity index (χ1) is 10.6. The highest BCUT2D eigenvalue weighted by molar-refractivity contribution is 5.96. The normalized spacial score (nSPS) is 13.0. The monoisotopic (exact) mass is 317 g/mol. The van der Waals surface area contributed by atoms with Gasteiger partial charge in [-0.1, -0.05) is 6.07 Å². The van der Waals surface area contributed by atoms with Gasteiger partial charge in [0.15, 0.2) is 0 Å². The summed E-state index contributed by atoms with van der Waals surface area (Å²) in [6.07, 6.45) is 1.89. The Morgan fingerprint density at radius 3 is 2.43 bits per heavy atom. The van der Waals surface area contributed by atoms with Crippen LogP contribution in [0.2, 0.25) is 0 Å². The minimum Gasteiger partial charge on any atom is -0.467 e. The van der Waals surface area contributed by atoms with Gasteiger partial charge < -0.3 is 14.0 Å². The van der Waals surface area contributed by atoms with Crippen molar-refractivity contribution >= 4 is 22.8 Å². The molecule has 0 amide bonds. The van der Waals surface area contributed by atoms with Gasteiger partial charge >= 0.3 is 11.9 Å². The lowest BCUT2D eigenvalue weighted by atomic mass is 10.1. The third-order valence-electron chi connectivity index (χ3n) is 3.63. The zero-order valence-corrected chi connectivity index (χ0v) is 14.5. The first-order valence-corrected chi connectivity index (χ1v) is 7.56. The SMILES string of the molecule is COC(=O)C(C)n1cc(C)c2ccc(C(=O)OC(C)(C)C)cc21. The smallest absolute Gasteiger partial charge is 0.338 e. The molecule has 5 heteroatoms. The van der Waals surface area contributed by atoms with Crippen molar-refractivity contribution in [3.05, 3.63) is 35.5 Å². The lowest BCUT2D eigenvalue weighted by molar-refractivity contribution is -0.143. The number of fused-ring (bicyclic) bond motifs is 1. The van der Waals surface area contributed by atoms with E-state index in [2.05, 4.69) is 0 Å². The number of hydrogen-bond donors (Lipinski definition) is 0. The molecule has 1 aromatic heterocycles. The molecule has 0 spiro atoms. The molecular formula is C18H23NO4. The number of esters is 2. The number of carbonyl (C=O) groups excluding carboxylic acids is 2. The topological polar surface area (TPSA) is 57.5 Å². The van der Waals surface area contributed by atoms with Gasteiger partial charge in [0.1, 0.15) is 11.6 Å². The maximum atomic E-state index is 12.3. The first-order valence-electron chi connectivity index (χ1n) is 7.56. The van der Waals surface area contributed by atoms with Crippen molar-refractivity contribution in [2.45, 2.75) is 46.3 Å². The van der Waals surface area contributed by atoms with Crippen LogP contribution in [0, 0.1) is 6.92 Å². The third kappa shape index (κ3) is 3.55. The number of benzene rings is 1. The van der Waals surface area contributed by atoms with Gasteiger partial charge in [-0.2, -0.15) is 0 Å². The Balaban J connectivity index is 2.49. The molecule has 0 aliphatic carbocycles. The largest absolute Gasteiger partial charge is 0.467 e. The predicted molar refractivity (Wildman–Crippen MR) is 88.6 cm³/mol. The molecule has 1 unspecified atom stereocenters. The van der Waals surface area contributed by atoms with Crippen LogP contribution in [0.15, 0.2) is 24.4 Å². The van der Waals surface area contributed by atoms with Gasteiger partial charge in [0.05, 0.1) is 12.7 Å². The number of methoxy groups -OCH3 is 1. The van der Waals surface area contributed by atoms with Crippen LogP contribution in [0.5, 0.6) is 0 Å². The van der Waals surface area contributed by atoms with Gasteiger partial charge in [-0.25, -0.2) is 9.59 Å². The van der Waals surface area contributed by atoms with Crippen LogP contribution in [-0.4, -0.2) is 29.2 Å². The molecule has 2 aromatic rings. The second kappa shape index (κ2) is 6.07. The van der Waals surface area contributed by atoms with Crippen molar-refractivity contribution in [2.24, 2.45) is 0 Å². The summed E-state index contributed by atoms with van der Waals surface area (Å²) in [6.45, 7) is 9.22. The van der Waals surface area contributed by atoms with Crippen LogP contribution in [0.3, 0.4) is 0 Å². The van der Waals surface area contributed by atoms with E-state index in [4.69, 9.17) is 9.47 Å². The van der Waals surface area contributed by atoms with Crippen molar-refractivity contribution in [3.63, 3.8) is 0 Å². The summed E-state index contributed by atoms with van der Waals surface area (Å²) in [4.78, 5) is 24.1. The molecule has 0 fully saturated rings. The van der Waals surface area contributed by atoms with Crippen LogP contribution in [0.4, 0.5) is 0 Å². The second-order valence-electron chi connectivity index (χ2n) is 6.65. The van der Waals surface area contributed by atoms with E-state index in [1.807, 2.05) is 44.5 Å². The maximum Gasteiger partial charge on any atom is 0.338 e. The summed E-state index contributed by atoms with van der Waals surface area (Å²) in [6, 6.07) is 4.92. The second-order valence-corrected chi connectivity index (χ2v) is 6.65. The van der Waals surface area contributed by atoms with Gasteiger partial charge in [0.2, 0.25) is 0 Å². The summed E-state index contributed by atoms with van der Waals surface area (Å²) in [7, 11) is 1.36. The van der Waals surface area contributed by atoms with E-state index in [1.165, 1.54) is 7.11 Å². The molecule has 0 aliphatic heterocycles. The Labute approximate surface area is 136 Å². The molecule has 0 saturated heterocycles. The minimum atomic E-state index is -0.552. The number of nitrogens with zero attached hydrogens (tertiary/aromatic N) is 1. The average molecular weight is 317 g/mol. The van der Waals surface area contributed by atoms with Crippen molar-refractivity contribution in [1.29, 1.82) is 0 Å². The first kappa shape index (κ1) is 17.1. The van der Waals surface area contributed by atoms with Crippen molar-refractivity contribution in [3.8, 4) is 0 Å². The highest BCUT2D eigenvalue weighted by Crippen LogP contribution is 2.26. The molecule has 2 rings (SSSR count). The zero-order chi connectivity index (χ0) is 17.4. The lowest BCUT2D eigenvalue weighted by Crippen LogP contribution is -2.24. The molecule has 0 aliphatic rings. The van der Waals surface area contributed by atoms with Crippen LogP contribution in [0.1, 0.15) is 49.7 Å². The maximum absolute atomic E-state index is 12.3. The van der Waals surface area contributed by atoms with Crippen LogP contribution in [-0.2, 0) is 14.3 Å². The number of rotatable bonds is 3. The standard InChI is InChI=1S/C18H23NO4/c1-11-10-19(12(2)16(20)22-6)15-9-13(7-8-14(11)15)17(21)23-18(3,4)5/h7-10,12H,1-6H3. The molecule has 0 bridgehead atoms. The van der Waals surface area contributed by atoms with Gasteiger partial charge in [-0.15, -0.1) is 0 Å². The fourth-order valence-electron chi connectivity index (χ4n) is 2.49. The molecule has 1 aromatic carbocycles.